The molecular formula is C46H55N5NaO15Tb. The van der Waals surface area contributed by atoms with E-state index in [0.717, 1.165) is 22.6 Å². The summed E-state index contributed by atoms with van der Waals surface area (Å²) in [5.41, 5.74) is 3.64. The molecule has 0 radical (unpaired) electrons. The van der Waals surface area contributed by atoms with Gasteiger partial charge in [0.15, 0.2) is 0 Å². The summed E-state index contributed by atoms with van der Waals surface area (Å²) in [5.74, 6) is -3.60. The third-order valence-corrected chi connectivity index (χ3v) is 10.2. The van der Waals surface area contributed by atoms with Gasteiger partial charge >= 0.3 is 68.2 Å². The topological polar surface area (TPSA) is 272 Å². The van der Waals surface area contributed by atoms with Crippen molar-refractivity contribution in [2.75, 3.05) is 82.0 Å². The van der Waals surface area contributed by atoms with E-state index in [0.29, 0.717) is 98.9 Å². The number of nitrogens with zero attached hydrogens (tertiary/aromatic N) is 5. The van der Waals surface area contributed by atoms with Gasteiger partial charge in [-0.15, -0.1) is 0 Å². The maximum Gasteiger partial charge on any atom is 3.00 e. The molecule has 4 aromatic rings. The Labute approximate surface area is 448 Å². The Bertz CT molecular complexity index is 2070. The first-order valence-corrected chi connectivity index (χ1v) is 20.8. The average Bonchev–Trinajstić information content (AvgIpc) is 3.26. The van der Waals surface area contributed by atoms with Gasteiger partial charge in [-0.05, 0) is 54.8 Å². The molecule has 0 amide bonds. The number of carbonyl (C=O) groups excluding carboxylic acids is 4. The van der Waals surface area contributed by atoms with Crippen LogP contribution in [0.5, 0.6) is 34.5 Å². The van der Waals surface area contributed by atoms with Crippen LogP contribution in [0.15, 0.2) is 48.5 Å². The van der Waals surface area contributed by atoms with E-state index in [4.69, 9.17) is 38.4 Å². The predicted molar refractivity (Wildman–Crippen MR) is 229 cm³/mol. The largest absolute Gasteiger partial charge is 3.00 e. The van der Waals surface area contributed by atoms with Gasteiger partial charge in [-0.25, -0.2) is 0 Å². The summed E-state index contributed by atoms with van der Waals surface area (Å²) in [6, 6.07) is 13.6. The summed E-state index contributed by atoms with van der Waals surface area (Å²) >= 11 is 0. The molecule has 0 aliphatic rings. The molecule has 0 unspecified atom stereocenters. The summed E-state index contributed by atoms with van der Waals surface area (Å²) in [4.78, 5) is 60.9. The predicted octanol–water partition coefficient (Wildman–Crippen LogP) is -3.98. The molecule has 364 valence electrons. The molecule has 2 heterocycles. The third kappa shape index (κ3) is 18.5. The number of pyridine rings is 2. The van der Waals surface area contributed by atoms with Crippen LogP contribution in [-0.4, -0.2) is 136 Å². The van der Waals surface area contributed by atoms with Crippen molar-refractivity contribution < 1.29 is 141 Å². The summed E-state index contributed by atoms with van der Waals surface area (Å²) in [7, 11) is 8.89. The van der Waals surface area contributed by atoms with Crippen molar-refractivity contribution in [3.63, 3.8) is 0 Å². The maximum atomic E-state index is 11.7. The van der Waals surface area contributed by atoms with Gasteiger partial charge in [0.1, 0.15) is 34.5 Å². The van der Waals surface area contributed by atoms with Crippen LogP contribution in [-0.2, 0) is 45.4 Å². The van der Waals surface area contributed by atoms with E-state index in [9.17, 15) is 44.7 Å². The Morgan fingerprint density at radius 2 is 0.765 bits per heavy atom. The second-order valence-corrected chi connectivity index (χ2v) is 15.1. The number of unbranched alkanes of at least 4 members (excludes halogenated alkanes) is 3. The Morgan fingerprint density at radius 3 is 1.03 bits per heavy atom. The fourth-order valence-electron chi connectivity index (χ4n) is 7.49. The first-order chi connectivity index (χ1) is 31.6. The van der Waals surface area contributed by atoms with Crippen LogP contribution in [0, 0.1) is 38.6 Å². The minimum atomic E-state index is -1.50. The molecule has 2 aromatic heterocycles. The van der Waals surface area contributed by atoms with Crippen LogP contribution in [0.25, 0.3) is 22.3 Å². The number of hydrogen-bond acceptors (Lipinski definition) is 20. The number of carboxylic acid groups (broad SMARTS) is 4. The van der Waals surface area contributed by atoms with Crippen LogP contribution in [0.2, 0.25) is 0 Å². The first kappa shape index (κ1) is 59.7. The van der Waals surface area contributed by atoms with Crippen molar-refractivity contribution in [2.24, 2.45) is 0 Å². The molecule has 0 spiro atoms. The van der Waals surface area contributed by atoms with Crippen molar-refractivity contribution >= 4 is 23.9 Å². The van der Waals surface area contributed by atoms with Crippen LogP contribution in [0.1, 0.15) is 48.5 Å². The third-order valence-electron chi connectivity index (χ3n) is 10.2. The first-order valence-electron chi connectivity index (χ1n) is 20.8. The fraction of sp³-hybridized carbons (Fsp3) is 0.435. The molecule has 0 aliphatic heterocycles. The van der Waals surface area contributed by atoms with Crippen molar-refractivity contribution in [1.82, 2.24) is 24.7 Å². The molecule has 1 N–H and O–H groups in total. The average molecular weight is 1100 g/mol. The number of hydrogen-bond donors (Lipinski definition) is 1. The van der Waals surface area contributed by atoms with Crippen LogP contribution in [0.4, 0.5) is 0 Å². The molecule has 20 nitrogen and oxygen atoms in total. The quantitative estimate of drug-likeness (QED) is 0.0385. The number of aliphatic carboxylic acids is 4. The van der Waals surface area contributed by atoms with Crippen molar-refractivity contribution in [3.05, 3.63) is 71.3 Å². The number of methoxy groups -OCH3 is 6. The van der Waals surface area contributed by atoms with Gasteiger partial charge in [0.25, 0.3) is 0 Å². The number of carboxylic acids is 4. The van der Waals surface area contributed by atoms with Crippen molar-refractivity contribution in [2.45, 2.75) is 51.9 Å². The molecule has 4 rings (SSSR count). The molecular weight excluding hydrogens is 1040 g/mol. The number of carbonyl (C=O) groups is 4. The Hall–Kier alpha value is -4.45. The van der Waals surface area contributed by atoms with E-state index < -0.39 is 50.1 Å². The number of rotatable bonds is 30. The van der Waals surface area contributed by atoms with Crippen LogP contribution >= 0.6 is 0 Å². The molecule has 0 fully saturated rings. The Kier molecular flexibility index (Phi) is 26.5. The minimum Gasteiger partial charge on any atom is -0.549 e. The number of ether oxygens (including phenoxy) is 6. The second kappa shape index (κ2) is 30.2. The van der Waals surface area contributed by atoms with E-state index >= 15 is 0 Å². The molecule has 22 heteroatoms. The van der Waals surface area contributed by atoms with Gasteiger partial charge in [-0.1, -0.05) is 12.8 Å². The fourth-order valence-corrected chi connectivity index (χ4v) is 7.49. The minimum absolute atomic E-state index is 0. The van der Waals surface area contributed by atoms with Crippen molar-refractivity contribution in [3.8, 4) is 56.8 Å². The summed E-state index contributed by atoms with van der Waals surface area (Å²) in [5, 5.41) is 56.3. The zero-order valence-electron chi connectivity index (χ0n) is 39.3. The van der Waals surface area contributed by atoms with E-state index in [1.54, 1.807) is 48.5 Å². The smallest absolute Gasteiger partial charge is 0.549 e. The Balaban J connectivity index is 0.00000793. The van der Waals surface area contributed by atoms with Crippen molar-refractivity contribution in [1.29, 1.82) is 0 Å². The summed E-state index contributed by atoms with van der Waals surface area (Å²) in [6.45, 7) is -2.51. The zero-order valence-corrected chi connectivity index (χ0v) is 43.4. The number of aromatic nitrogens is 2. The summed E-state index contributed by atoms with van der Waals surface area (Å²) in [6.07, 6.45) is 2.81. The van der Waals surface area contributed by atoms with E-state index in [1.165, 1.54) is 42.7 Å². The van der Waals surface area contributed by atoms with Gasteiger partial charge in [0.05, 0.1) is 100 Å². The van der Waals surface area contributed by atoms with E-state index in [-0.39, 0.29) is 101 Å². The number of benzene rings is 2. The molecule has 2 aromatic carbocycles. The van der Waals surface area contributed by atoms with E-state index in [2.05, 4.69) is 4.90 Å². The molecule has 0 bridgehead atoms. The normalized spacial score (nSPS) is 10.9. The molecule has 68 heavy (non-hydrogen) atoms. The SMILES string of the molecule is COc1cc(OC)c(-c2cc(CN(CC(=O)[O-])CC(=O)[O-])nc(CN(CCCCCCO)Cc3cc(-c4c(OC)cc(OC)cc4OC)cc(CN(CC(=O)[O-])CC(=O)[O-])n3)c2)c(OC)c1.[Na+].[Tb+3]. The summed E-state index contributed by atoms with van der Waals surface area (Å²) < 4.78 is 34.0. The van der Waals surface area contributed by atoms with Gasteiger partial charge in [0, 0.05) is 83.2 Å². The maximum absolute atomic E-state index is 11.7. The van der Waals surface area contributed by atoms with Gasteiger partial charge in [-0.3, -0.25) is 24.7 Å². The van der Waals surface area contributed by atoms with Crippen LogP contribution in [0.3, 0.4) is 0 Å². The van der Waals surface area contributed by atoms with Gasteiger partial charge in [0.2, 0.25) is 0 Å². The second-order valence-electron chi connectivity index (χ2n) is 15.1. The van der Waals surface area contributed by atoms with Gasteiger partial charge < -0.3 is 73.1 Å². The number of aliphatic hydroxyl groups excluding tert-OH is 1. The molecule has 0 saturated carbocycles. The number of aliphatic hydroxyl groups is 1. The van der Waals surface area contributed by atoms with E-state index in [1.807, 2.05) is 0 Å². The molecule has 0 aliphatic carbocycles. The zero-order chi connectivity index (χ0) is 48.3. The molecule has 0 atom stereocenters. The standard InChI is InChI=1S/C46H59N5O15.Na.Tb/c1-61-35-17-37(63-3)45(38(18-35)64-4)29-13-31(47-33(15-29)23-50(25-41(53)54)26-42(55)56)21-49(11-9-7-8-10-12-52)22-32-14-30(46-39(65-5)19-36(62-2)20-40(46)66-6)16-34(48-32)24-51(27-43(57)58)28-44(59)60;;/h13-20,52H,7-12,21-28H2,1-6H3,(H,53,54)(H,55,56)(H,57,58)(H,59,60);;/q;+1;+3/p-4. The van der Waals surface area contributed by atoms with Gasteiger partial charge in [-0.2, -0.15) is 0 Å². The molecule has 0 saturated heterocycles. The Morgan fingerprint density at radius 1 is 0.471 bits per heavy atom. The van der Waals surface area contributed by atoms with Crippen LogP contribution < -0.4 is 78.4 Å². The monoisotopic (exact) mass is 1100 g/mol.